The van der Waals surface area contributed by atoms with Gasteiger partial charge in [0.05, 0.1) is 22.3 Å². The molecule has 1 saturated heterocycles. The number of ether oxygens (including phenoxy) is 1. The summed E-state index contributed by atoms with van der Waals surface area (Å²) >= 11 is 18.2. The zero-order chi connectivity index (χ0) is 13.1. The fourth-order valence-corrected chi connectivity index (χ4v) is 2.81. The molecule has 0 aromatic heterocycles. The minimum atomic E-state index is -0.0165. The molecule has 1 aliphatic rings. The molecule has 0 N–H and O–H groups in total. The number of hydrogen-bond acceptors (Lipinski definition) is 1. The fourth-order valence-electron chi connectivity index (χ4n) is 2.17. The molecule has 1 aromatic carbocycles. The Hall–Kier alpha value is -0.210. The molecule has 0 bridgehead atoms. The monoisotopic (exact) mass is 304 g/mol. The van der Waals surface area contributed by atoms with Gasteiger partial charge in [0.2, 0.25) is 0 Å². The molecule has 2 rings (SSSR count). The van der Waals surface area contributed by atoms with E-state index in [1.165, 1.54) is 0 Å². The van der Waals surface area contributed by atoms with Gasteiger partial charge in [-0.3, -0.25) is 0 Å². The summed E-state index contributed by atoms with van der Waals surface area (Å²) in [6, 6.07) is 5.60. The molecule has 18 heavy (non-hydrogen) atoms. The minimum absolute atomic E-state index is 0.0165. The molecule has 3 atom stereocenters. The summed E-state index contributed by atoms with van der Waals surface area (Å²) in [6.45, 7) is 1.98. The number of benzene rings is 1. The Labute approximate surface area is 123 Å². The molecule has 0 spiro atoms. The Kier molecular flexibility index (Phi) is 4.97. The van der Waals surface area contributed by atoms with Crippen LogP contribution in [-0.4, -0.2) is 11.5 Å². The summed E-state index contributed by atoms with van der Waals surface area (Å²) in [6.07, 6.45) is 5.74. The van der Waals surface area contributed by atoms with Crippen molar-refractivity contribution in [2.24, 2.45) is 0 Å². The van der Waals surface area contributed by atoms with E-state index in [9.17, 15) is 0 Å². The second-order valence-electron chi connectivity index (χ2n) is 4.43. The van der Waals surface area contributed by atoms with Crippen LogP contribution in [0.15, 0.2) is 30.4 Å². The Morgan fingerprint density at radius 3 is 2.67 bits per heavy atom. The summed E-state index contributed by atoms with van der Waals surface area (Å²) < 4.78 is 6.01. The van der Waals surface area contributed by atoms with Gasteiger partial charge >= 0.3 is 0 Å². The van der Waals surface area contributed by atoms with Gasteiger partial charge in [-0.15, -0.1) is 11.6 Å². The lowest BCUT2D eigenvalue weighted by Gasteiger charge is -2.32. The van der Waals surface area contributed by atoms with E-state index >= 15 is 0 Å². The van der Waals surface area contributed by atoms with Crippen molar-refractivity contribution in [3.63, 3.8) is 0 Å². The molecular weight excluding hydrogens is 291 g/mol. The number of allylic oxidation sites excluding steroid dienone is 1. The Morgan fingerprint density at radius 1 is 1.22 bits per heavy atom. The van der Waals surface area contributed by atoms with Crippen molar-refractivity contribution >= 4 is 34.8 Å². The smallest absolute Gasteiger partial charge is 0.0847 e. The average molecular weight is 306 g/mol. The van der Waals surface area contributed by atoms with Crippen LogP contribution in [0.5, 0.6) is 0 Å². The van der Waals surface area contributed by atoms with Gasteiger partial charge in [-0.25, -0.2) is 0 Å². The van der Waals surface area contributed by atoms with Crippen molar-refractivity contribution < 1.29 is 4.74 Å². The fraction of sp³-hybridized carbons (Fsp3) is 0.429. The van der Waals surface area contributed by atoms with Crippen LogP contribution in [0.1, 0.15) is 31.4 Å². The van der Waals surface area contributed by atoms with Gasteiger partial charge in [0.15, 0.2) is 0 Å². The highest BCUT2D eigenvalue weighted by Gasteiger charge is 2.28. The van der Waals surface area contributed by atoms with Gasteiger partial charge in [0, 0.05) is 5.38 Å². The number of rotatable bonds is 2. The summed E-state index contributed by atoms with van der Waals surface area (Å²) in [5.74, 6) is 0. The van der Waals surface area contributed by atoms with Gasteiger partial charge in [-0.1, -0.05) is 41.4 Å². The van der Waals surface area contributed by atoms with Crippen LogP contribution >= 0.6 is 34.8 Å². The topological polar surface area (TPSA) is 9.23 Å². The predicted octanol–water partition coefficient (Wildman–Crippen LogP) is 5.40. The Balaban J connectivity index is 2.18. The standard InChI is InChI=1S/C14H15Cl3O/c1-2-3-11-7-10(15)8-14(18-11)9-4-5-12(16)13(17)6-9/h2-6,10-11,14H,7-8H2,1H3/b3-2+/t10-,11+,14+/m0/s1. The highest BCUT2D eigenvalue weighted by atomic mass is 35.5. The van der Waals surface area contributed by atoms with E-state index in [4.69, 9.17) is 39.5 Å². The second-order valence-corrected chi connectivity index (χ2v) is 5.86. The van der Waals surface area contributed by atoms with Crippen molar-refractivity contribution in [1.82, 2.24) is 0 Å². The first kappa shape index (κ1) is 14.2. The molecule has 1 fully saturated rings. The zero-order valence-corrected chi connectivity index (χ0v) is 12.3. The summed E-state index contributed by atoms with van der Waals surface area (Å²) in [7, 11) is 0. The molecule has 1 heterocycles. The Morgan fingerprint density at radius 2 is 2.00 bits per heavy atom. The van der Waals surface area contributed by atoms with Gasteiger partial charge in [0.1, 0.15) is 0 Å². The normalized spacial score (nSPS) is 28.8. The number of hydrogen-bond donors (Lipinski definition) is 0. The third-order valence-electron chi connectivity index (χ3n) is 3.02. The van der Waals surface area contributed by atoms with E-state index in [-0.39, 0.29) is 17.6 Å². The van der Waals surface area contributed by atoms with Crippen molar-refractivity contribution in [2.75, 3.05) is 0 Å². The quantitative estimate of drug-likeness (QED) is 0.525. The van der Waals surface area contributed by atoms with Crippen LogP contribution < -0.4 is 0 Å². The molecule has 0 unspecified atom stereocenters. The van der Waals surface area contributed by atoms with E-state index in [1.54, 1.807) is 6.07 Å². The molecule has 0 amide bonds. The molecule has 98 valence electrons. The lowest BCUT2D eigenvalue weighted by atomic mass is 9.98. The number of alkyl halides is 1. The average Bonchev–Trinajstić information content (AvgIpc) is 2.32. The van der Waals surface area contributed by atoms with Gasteiger partial charge in [-0.05, 0) is 37.5 Å². The van der Waals surface area contributed by atoms with E-state index in [0.717, 1.165) is 18.4 Å². The van der Waals surface area contributed by atoms with Crippen LogP contribution in [0.4, 0.5) is 0 Å². The highest BCUT2D eigenvalue weighted by molar-refractivity contribution is 6.42. The van der Waals surface area contributed by atoms with Crippen LogP contribution in [0.25, 0.3) is 0 Å². The minimum Gasteiger partial charge on any atom is -0.366 e. The van der Waals surface area contributed by atoms with Crippen LogP contribution in [0.3, 0.4) is 0 Å². The Bertz CT molecular complexity index is 445. The summed E-state index contributed by atoms with van der Waals surface area (Å²) in [4.78, 5) is 0. The van der Waals surface area contributed by atoms with E-state index < -0.39 is 0 Å². The van der Waals surface area contributed by atoms with E-state index in [0.29, 0.717) is 10.0 Å². The maximum atomic E-state index is 6.29. The maximum absolute atomic E-state index is 6.29. The van der Waals surface area contributed by atoms with Crippen molar-refractivity contribution in [3.05, 3.63) is 46.0 Å². The lowest BCUT2D eigenvalue weighted by molar-refractivity contribution is -0.0248. The molecule has 4 heteroatoms. The summed E-state index contributed by atoms with van der Waals surface area (Å²) in [5.41, 5.74) is 1.03. The first-order chi connectivity index (χ1) is 8.60. The van der Waals surface area contributed by atoms with Crippen LogP contribution in [0, 0.1) is 0 Å². The maximum Gasteiger partial charge on any atom is 0.0847 e. The van der Waals surface area contributed by atoms with Crippen LogP contribution in [0.2, 0.25) is 10.0 Å². The molecule has 0 aliphatic carbocycles. The predicted molar refractivity (Wildman–Crippen MR) is 77.8 cm³/mol. The van der Waals surface area contributed by atoms with E-state index in [2.05, 4.69) is 0 Å². The first-order valence-electron chi connectivity index (χ1n) is 5.97. The summed E-state index contributed by atoms with van der Waals surface area (Å²) in [5, 5.41) is 1.24. The van der Waals surface area contributed by atoms with Gasteiger partial charge in [-0.2, -0.15) is 0 Å². The third kappa shape index (κ3) is 3.42. The zero-order valence-electron chi connectivity index (χ0n) is 10.1. The number of halogens is 3. The molecule has 0 radical (unpaired) electrons. The molecule has 0 saturated carbocycles. The molecule has 1 aromatic rings. The van der Waals surface area contributed by atoms with Gasteiger partial charge < -0.3 is 4.74 Å². The van der Waals surface area contributed by atoms with Crippen LogP contribution in [-0.2, 0) is 4.74 Å². The van der Waals surface area contributed by atoms with Crippen molar-refractivity contribution in [3.8, 4) is 0 Å². The molecular formula is C14H15Cl3O. The third-order valence-corrected chi connectivity index (χ3v) is 4.11. The first-order valence-corrected chi connectivity index (χ1v) is 7.16. The second kappa shape index (κ2) is 6.29. The van der Waals surface area contributed by atoms with E-state index in [1.807, 2.05) is 31.2 Å². The lowest BCUT2D eigenvalue weighted by Crippen LogP contribution is -2.27. The van der Waals surface area contributed by atoms with Crippen molar-refractivity contribution in [2.45, 2.75) is 37.4 Å². The van der Waals surface area contributed by atoms with Crippen molar-refractivity contribution in [1.29, 1.82) is 0 Å². The SMILES string of the molecule is C/C=C/[C@@H]1C[C@H](Cl)C[C@H](c2ccc(Cl)c(Cl)c2)O1. The largest absolute Gasteiger partial charge is 0.366 e. The molecule has 1 nitrogen and oxygen atoms in total. The highest BCUT2D eigenvalue weighted by Crippen LogP contribution is 2.36. The van der Waals surface area contributed by atoms with Gasteiger partial charge in [0.25, 0.3) is 0 Å². The molecule has 1 aliphatic heterocycles.